The van der Waals surface area contributed by atoms with Crippen LogP contribution in [0.3, 0.4) is 0 Å². The molecule has 0 spiro atoms. The number of primary amides is 1. The third-order valence-electron chi connectivity index (χ3n) is 2.74. The number of carbonyl (C=O) groups is 1. The molecule has 0 aliphatic carbocycles. The van der Waals surface area contributed by atoms with E-state index < -0.39 is 0 Å². The summed E-state index contributed by atoms with van der Waals surface area (Å²) in [5, 5.41) is 7.34. The zero-order chi connectivity index (χ0) is 13.0. The van der Waals surface area contributed by atoms with Gasteiger partial charge in [0.25, 0.3) is 0 Å². The predicted octanol–water partition coefficient (Wildman–Crippen LogP) is 2.76. The van der Waals surface area contributed by atoms with Crippen LogP contribution < -0.4 is 11.1 Å². The van der Waals surface area contributed by atoms with Crippen molar-refractivity contribution in [1.82, 2.24) is 5.32 Å². The highest BCUT2D eigenvalue weighted by molar-refractivity contribution is 7.10. The summed E-state index contributed by atoms with van der Waals surface area (Å²) in [4.78, 5) is 13.5. The fraction of sp³-hybridized carbons (Fsp3) is 0.308. The summed E-state index contributed by atoms with van der Waals surface area (Å²) in [5.41, 5.74) is 7.23. The summed E-state index contributed by atoms with van der Waals surface area (Å²) in [7, 11) is 0. The van der Waals surface area contributed by atoms with Crippen LogP contribution in [0.1, 0.15) is 32.6 Å². The lowest BCUT2D eigenvalue weighted by molar-refractivity contribution is 0.100. The molecule has 2 rings (SSSR count). The Labute approximate surface area is 115 Å². The van der Waals surface area contributed by atoms with Gasteiger partial charge in [0.1, 0.15) is 0 Å². The molecule has 3 N–H and O–H groups in total. The van der Waals surface area contributed by atoms with Crippen LogP contribution in [-0.2, 0) is 19.5 Å². The topological polar surface area (TPSA) is 55.1 Å². The van der Waals surface area contributed by atoms with Crippen LogP contribution in [0.25, 0.3) is 0 Å². The van der Waals surface area contributed by atoms with E-state index in [0.29, 0.717) is 5.56 Å². The summed E-state index contributed by atoms with van der Waals surface area (Å²) in [6.45, 7) is 3.83. The van der Waals surface area contributed by atoms with Crippen molar-refractivity contribution in [1.29, 1.82) is 0 Å². The zero-order valence-corrected chi connectivity index (χ0v) is 11.9. The number of nitrogens with two attached hydrogens (primary N) is 1. The summed E-state index contributed by atoms with van der Waals surface area (Å²) >= 11 is 3.35. The van der Waals surface area contributed by atoms with Crippen LogP contribution in [0.4, 0.5) is 0 Å². The van der Waals surface area contributed by atoms with Crippen LogP contribution in [0.5, 0.6) is 0 Å². The third kappa shape index (κ3) is 3.19. The normalized spacial score (nSPS) is 10.7. The van der Waals surface area contributed by atoms with E-state index in [4.69, 9.17) is 5.73 Å². The minimum Gasteiger partial charge on any atom is -0.366 e. The van der Waals surface area contributed by atoms with Crippen molar-refractivity contribution < 1.29 is 4.79 Å². The third-order valence-corrected chi connectivity index (χ3v) is 4.64. The molecule has 0 atom stereocenters. The van der Waals surface area contributed by atoms with E-state index in [9.17, 15) is 4.79 Å². The van der Waals surface area contributed by atoms with Gasteiger partial charge in [-0.2, -0.15) is 0 Å². The Morgan fingerprint density at radius 2 is 2.22 bits per heavy atom. The Morgan fingerprint density at radius 3 is 2.89 bits per heavy atom. The Balaban J connectivity index is 1.86. The maximum absolute atomic E-state index is 11.0. The monoisotopic (exact) mass is 280 g/mol. The van der Waals surface area contributed by atoms with E-state index in [1.807, 2.05) is 11.4 Å². The minimum atomic E-state index is -0.357. The van der Waals surface area contributed by atoms with Crippen molar-refractivity contribution in [2.24, 2.45) is 5.73 Å². The van der Waals surface area contributed by atoms with Gasteiger partial charge in [0.15, 0.2) is 0 Å². The van der Waals surface area contributed by atoms with Gasteiger partial charge in [-0.05, 0) is 29.5 Å². The fourth-order valence-corrected chi connectivity index (χ4v) is 3.53. The van der Waals surface area contributed by atoms with Gasteiger partial charge in [-0.1, -0.05) is 6.92 Å². The van der Waals surface area contributed by atoms with Gasteiger partial charge in [-0.15, -0.1) is 22.7 Å². The van der Waals surface area contributed by atoms with E-state index in [1.165, 1.54) is 10.4 Å². The van der Waals surface area contributed by atoms with Crippen molar-refractivity contribution in [2.45, 2.75) is 26.4 Å². The molecule has 2 heterocycles. The molecule has 0 fully saturated rings. The van der Waals surface area contributed by atoms with Gasteiger partial charge in [0, 0.05) is 28.2 Å². The lowest BCUT2D eigenvalue weighted by Crippen LogP contribution is -2.12. The zero-order valence-electron chi connectivity index (χ0n) is 10.2. The summed E-state index contributed by atoms with van der Waals surface area (Å²) in [6.07, 6.45) is 1.07. The number of hydrogen-bond acceptors (Lipinski definition) is 4. The highest BCUT2D eigenvalue weighted by Gasteiger charge is 2.05. The number of amides is 1. The minimum absolute atomic E-state index is 0.357. The molecule has 3 nitrogen and oxygen atoms in total. The first-order valence-corrected chi connectivity index (χ1v) is 7.59. The molecule has 0 aliphatic heterocycles. The van der Waals surface area contributed by atoms with Crippen molar-refractivity contribution in [3.63, 3.8) is 0 Å². The van der Waals surface area contributed by atoms with Gasteiger partial charge < -0.3 is 11.1 Å². The lowest BCUT2D eigenvalue weighted by atomic mass is 10.2. The maximum atomic E-state index is 11.0. The second-order valence-corrected chi connectivity index (χ2v) is 5.99. The molecule has 5 heteroatoms. The Bertz CT molecular complexity index is 531. The largest absolute Gasteiger partial charge is 0.366 e. The number of carbonyl (C=O) groups excluding carboxylic acids is 1. The van der Waals surface area contributed by atoms with E-state index in [2.05, 4.69) is 23.7 Å². The molecule has 1 amide bonds. The molecular weight excluding hydrogens is 264 g/mol. The maximum Gasteiger partial charge on any atom is 0.249 e. The van der Waals surface area contributed by atoms with Crippen molar-refractivity contribution >= 4 is 28.6 Å². The van der Waals surface area contributed by atoms with Crippen LogP contribution in [0, 0.1) is 0 Å². The number of thiophene rings is 2. The standard InChI is InChI=1S/C13H16N2OS2/c1-2-9-3-4-17-12(9)7-15-6-11-5-10(8-18-11)13(14)16/h3-5,8,15H,2,6-7H2,1H3,(H2,14,16). The summed E-state index contributed by atoms with van der Waals surface area (Å²) in [6, 6.07) is 4.03. The molecule has 0 aromatic carbocycles. The molecule has 2 aromatic heterocycles. The number of rotatable bonds is 6. The van der Waals surface area contributed by atoms with Crippen LogP contribution in [0.2, 0.25) is 0 Å². The molecule has 0 saturated heterocycles. The molecule has 0 bridgehead atoms. The van der Waals surface area contributed by atoms with Crippen LogP contribution in [0.15, 0.2) is 22.9 Å². The van der Waals surface area contributed by atoms with E-state index >= 15 is 0 Å². The van der Waals surface area contributed by atoms with Gasteiger partial charge in [0.2, 0.25) is 5.91 Å². The molecule has 0 saturated carbocycles. The van der Waals surface area contributed by atoms with Crippen LogP contribution >= 0.6 is 22.7 Å². The molecule has 0 radical (unpaired) electrons. The van der Waals surface area contributed by atoms with Crippen molar-refractivity contribution in [3.8, 4) is 0 Å². The Hall–Kier alpha value is -1.17. The molecule has 96 valence electrons. The second-order valence-electron chi connectivity index (χ2n) is 3.99. The molecule has 2 aromatic rings. The molecule has 0 unspecified atom stereocenters. The smallest absolute Gasteiger partial charge is 0.249 e. The first-order chi connectivity index (χ1) is 8.70. The van der Waals surface area contributed by atoms with E-state index in [-0.39, 0.29) is 5.91 Å². The molecule has 18 heavy (non-hydrogen) atoms. The molecule has 0 aliphatic rings. The number of aryl methyl sites for hydroxylation is 1. The van der Waals surface area contributed by atoms with Gasteiger partial charge >= 0.3 is 0 Å². The quantitative estimate of drug-likeness (QED) is 0.855. The van der Waals surface area contributed by atoms with Gasteiger partial charge in [-0.25, -0.2) is 0 Å². The van der Waals surface area contributed by atoms with Gasteiger partial charge in [-0.3, -0.25) is 4.79 Å². The lowest BCUT2D eigenvalue weighted by Gasteiger charge is -2.03. The summed E-state index contributed by atoms with van der Waals surface area (Å²) in [5.74, 6) is -0.357. The number of hydrogen-bond donors (Lipinski definition) is 2. The van der Waals surface area contributed by atoms with E-state index in [1.54, 1.807) is 22.7 Å². The fourth-order valence-electron chi connectivity index (χ4n) is 1.74. The Kier molecular flexibility index (Phi) is 4.52. The number of nitrogens with one attached hydrogen (secondary N) is 1. The molecular formula is C13H16N2OS2. The second kappa shape index (κ2) is 6.13. The van der Waals surface area contributed by atoms with Crippen molar-refractivity contribution in [3.05, 3.63) is 43.8 Å². The first-order valence-electron chi connectivity index (χ1n) is 5.84. The SMILES string of the molecule is CCc1ccsc1CNCc1cc(C(N)=O)cs1. The highest BCUT2D eigenvalue weighted by atomic mass is 32.1. The average molecular weight is 280 g/mol. The summed E-state index contributed by atoms with van der Waals surface area (Å²) < 4.78 is 0. The van der Waals surface area contributed by atoms with E-state index in [0.717, 1.165) is 24.4 Å². The first kappa shape index (κ1) is 13.3. The van der Waals surface area contributed by atoms with Crippen molar-refractivity contribution in [2.75, 3.05) is 0 Å². The highest BCUT2D eigenvalue weighted by Crippen LogP contribution is 2.18. The predicted molar refractivity (Wildman–Crippen MR) is 77.1 cm³/mol. The Morgan fingerprint density at radius 1 is 1.39 bits per heavy atom. The van der Waals surface area contributed by atoms with Gasteiger partial charge in [0.05, 0.1) is 5.56 Å². The average Bonchev–Trinajstić information content (AvgIpc) is 2.97. The van der Waals surface area contributed by atoms with Crippen LogP contribution in [-0.4, -0.2) is 5.91 Å².